The number of aryl methyl sites for hydroxylation is 1. The van der Waals surface area contributed by atoms with Gasteiger partial charge < -0.3 is 0 Å². The Morgan fingerprint density at radius 3 is 2.61 bits per heavy atom. The predicted molar refractivity (Wildman–Crippen MR) is 97.1 cm³/mol. The van der Waals surface area contributed by atoms with E-state index < -0.39 is 0 Å². The van der Waals surface area contributed by atoms with Gasteiger partial charge in [0.1, 0.15) is 5.82 Å². The Morgan fingerprint density at radius 2 is 1.74 bits per heavy atom. The summed E-state index contributed by atoms with van der Waals surface area (Å²) in [7, 11) is 0. The summed E-state index contributed by atoms with van der Waals surface area (Å²) in [5.74, 6) is 1.00. The highest BCUT2D eigenvalue weighted by Crippen LogP contribution is 2.30. The van der Waals surface area contributed by atoms with Crippen molar-refractivity contribution in [3.8, 4) is 11.4 Å². The maximum Gasteiger partial charge on any atom is 0.145 e. The second-order valence-electron chi connectivity index (χ2n) is 5.80. The minimum atomic E-state index is 0.895. The Morgan fingerprint density at radius 1 is 0.913 bits per heavy atom. The van der Waals surface area contributed by atoms with Crippen molar-refractivity contribution in [3.63, 3.8) is 0 Å². The van der Waals surface area contributed by atoms with Gasteiger partial charge in [-0.05, 0) is 25.1 Å². The quantitative estimate of drug-likeness (QED) is 0.622. The zero-order valence-corrected chi connectivity index (χ0v) is 13.1. The molecule has 1 aliphatic carbocycles. The molecule has 1 aromatic heterocycles. The summed E-state index contributed by atoms with van der Waals surface area (Å²) in [4.78, 5) is 4.89. The fourth-order valence-corrected chi connectivity index (χ4v) is 2.94. The second-order valence-corrected chi connectivity index (χ2v) is 5.80. The largest absolute Gasteiger partial charge is 0.296 e. The van der Waals surface area contributed by atoms with E-state index >= 15 is 0 Å². The molecule has 0 aliphatic heterocycles. The number of rotatable bonds is 2. The molecule has 1 aliphatic rings. The lowest BCUT2D eigenvalue weighted by molar-refractivity contribution is 1.08. The van der Waals surface area contributed by atoms with E-state index in [9.17, 15) is 0 Å². The molecule has 0 radical (unpaired) electrons. The fourth-order valence-electron chi connectivity index (χ4n) is 2.94. The first-order chi connectivity index (χ1) is 11.3. The van der Waals surface area contributed by atoms with Crippen molar-refractivity contribution in [1.29, 1.82) is 0 Å². The van der Waals surface area contributed by atoms with Gasteiger partial charge in [-0.1, -0.05) is 66.3 Å². The van der Waals surface area contributed by atoms with Gasteiger partial charge in [0.15, 0.2) is 0 Å². The summed E-state index contributed by atoms with van der Waals surface area (Å²) >= 11 is 0. The number of fused-ring (bicyclic) bond motifs is 1. The molecule has 0 amide bonds. The number of imidazole rings is 1. The first-order valence-corrected chi connectivity index (χ1v) is 7.90. The van der Waals surface area contributed by atoms with Gasteiger partial charge in [-0.25, -0.2) is 4.98 Å². The predicted octanol–water partition coefficient (Wildman–Crippen LogP) is 5.37. The van der Waals surface area contributed by atoms with Crippen LogP contribution in [0.2, 0.25) is 0 Å². The molecule has 112 valence electrons. The molecule has 0 N–H and O–H groups in total. The molecule has 2 aromatic carbocycles. The van der Waals surface area contributed by atoms with Crippen LogP contribution in [0.25, 0.3) is 28.1 Å². The second kappa shape index (κ2) is 5.73. The van der Waals surface area contributed by atoms with Crippen molar-refractivity contribution in [2.24, 2.45) is 0 Å². The van der Waals surface area contributed by atoms with E-state index in [1.54, 1.807) is 0 Å². The molecule has 0 fully saturated rings. The van der Waals surface area contributed by atoms with Gasteiger partial charge in [0, 0.05) is 17.7 Å². The molecule has 1 heterocycles. The van der Waals surface area contributed by atoms with Crippen molar-refractivity contribution in [2.45, 2.75) is 13.3 Å². The summed E-state index contributed by atoms with van der Waals surface area (Å²) in [5.41, 5.74) is 5.82. The number of allylic oxidation sites excluding steroid dienone is 6. The average Bonchev–Trinajstić information content (AvgIpc) is 2.76. The molecule has 23 heavy (non-hydrogen) atoms. The zero-order valence-electron chi connectivity index (χ0n) is 13.1. The summed E-state index contributed by atoms with van der Waals surface area (Å²) in [6.45, 7) is 2.11. The van der Waals surface area contributed by atoms with Crippen molar-refractivity contribution < 1.29 is 0 Å². The lowest BCUT2D eigenvalue weighted by Gasteiger charge is -2.12. The van der Waals surface area contributed by atoms with E-state index in [0.717, 1.165) is 28.8 Å². The highest BCUT2D eigenvalue weighted by atomic mass is 15.1. The average molecular weight is 298 g/mol. The molecule has 0 saturated carbocycles. The number of aromatic nitrogens is 2. The zero-order chi connectivity index (χ0) is 15.6. The van der Waals surface area contributed by atoms with Crippen LogP contribution >= 0.6 is 0 Å². The molecule has 2 nitrogen and oxygen atoms in total. The minimum absolute atomic E-state index is 0.895. The van der Waals surface area contributed by atoms with E-state index in [1.807, 2.05) is 6.07 Å². The molecule has 0 saturated heterocycles. The Bertz CT molecular complexity index is 938. The number of benzene rings is 2. The van der Waals surface area contributed by atoms with E-state index in [1.165, 1.54) is 11.3 Å². The molecular formula is C21H18N2. The van der Waals surface area contributed by atoms with Gasteiger partial charge in [0.05, 0.1) is 11.0 Å². The van der Waals surface area contributed by atoms with Crippen LogP contribution in [0.3, 0.4) is 0 Å². The minimum Gasteiger partial charge on any atom is -0.296 e. The molecule has 3 aromatic rings. The standard InChI is InChI=1S/C21H18N2/c1-16-12-14-17(15-13-16)21-22-19-10-6-7-11-20(19)23(21)18-8-4-2-3-5-9-18/h2-8,10-15H,9H2,1H3. The van der Waals surface area contributed by atoms with E-state index in [2.05, 4.69) is 84.3 Å². The lowest BCUT2D eigenvalue weighted by Crippen LogP contribution is -1.99. The Kier molecular flexibility index (Phi) is 3.43. The molecule has 0 bridgehead atoms. The van der Waals surface area contributed by atoms with Crippen LogP contribution in [0, 0.1) is 6.92 Å². The van der Waals surface area contributed by atoms with Crippen molar-refractivity contribution >= 4 is 16.7 Å². The third kappa shape index (κ3) is 2.53. The molecule has 0 spiro atoms. The van der Waals surface area contributed by atoms with Crippen LogP contribution in [0.5, 0.6) is 0 Å². The van der Waals surface area contributed by atoms with Crippen molar-refractivity contribution in [2.75, 3.05) is 0 Å². The molecular weight excluding hydrogens is 280 g/mol. The molecule has 0 unspecified atom stereocenters. The summed E-state index contributed by atoms with van der Waals surface area (Å²) in [6.07, 6.45) is 11.5. The van der Waals surface area contributed by atoms with Gasteiger partial charge >= 0.3 is 0 Å². The van der Waals surface area contributed by atoms with Gasteiger partial charge in [-0.15, -0.1) is 0 Å². The molecule has 2 heteroatoms. The van der Waals surface area contributed by atoms with Gasteiger partial charge in [0.25, 0.3) is 0 Å². The number of nitrogens with zero attached hydrogens (tertiary/aromatic N) is 2. The summed E-state index contributed by atoms with van der Waals surface area (Å²) in [5, 5.41) is 0. The first kappa shape index (κ1) is 13.8. The third-order valence-electron chi connectivity index (χ3n) is 4.13. The summed E-state index contributed by atoms with van der Waals surface area (Å²) in [6, 6.07) is 16.9. The summed E-state index contributed by atoms with van der Waals surface area (Å²) < 4.78 is 2.28. The fraction of sp³-hybridized carbons (Fsp3) is 0.0952. The topological polar surface area (TPSA) is 17.8 Å². The van der Waals surface area contributed by atoms with Gasteiger partial charge in [-0.3, -0.25) is 4.57 Å². The highest BCUT2D eigenvalue weighted by molar-refractivity contribution is 5.85. The van der Waals surface area contributed by atoms with Crippen LogP contribution in [-0.4, -0.2) is 9.55 Å². The Balaban J connectivity index is 1.98. The maximum absolute atomic E-state index is 4.89. The SMILES string of the molecule is Cc1ccc(-c2nc3ccccc3n2C2=CC=CC=CC2)cc1. The number of hydrogen-bond acceptors (Lipinski definition) is 1. The van der Waals surface area contributed by atoms with Crippen molar-refractivity contribution in [3.05, 3.63) is 84.5 Å². The van der Waals surface area contributed by atoms with Crippen LogP contribution in [0.4, 0.5) is 0 Å². The maximum atomic E-state index is 4.89. The van der Waals surface area contributed by atoms with Crippen LogP contribution < -0.4 is 0 Å². The third-order valence-corrected chi connectivity index (χ3v) is 4.13. The normalized spacial score (nSPS) is 14.0. The Labute approximate surface area is 136 Å². The highest BCUT2D eigenvalue weighted by Gasteiger charge is 2.15. The monoisotopic (exact) mass is 298 g/mol. The van der Waals surface area contributed by atoms with Crippen LogP contribution in [0.1, 0.15) is 12.0 Å². The smallest absolute Gasteiger partial charge is 0.145 e. The number of hydrogen-bond donors (Lipinski definition) is 0. The first-order valence-electron chi connectivity index (χ1n) is 7.90. The van der Waals surface area contributed by atoms with E-state index in [-0.39, 0.29) is 0 Å². The molecule has 0 atom stereocenters. The van der Waals surface area contributed by atoms with Crippen molar-refractivity contribution in [1.82, 2.24) is 9.55 Å². The lowest BCUT2D eigenvalue weighted by atomic mass is 10.1. The Hall–Kier alpha value is -2.87. The number of para-hydroxylation sites is 2. The van der Waals surface area contributed by atoms with Gasteiger partial charge in [0.2, 0.25) is 0 Å². The van der Waals surface area contributed by atoms with E-state index in [0.29, 0.717) is 0 Å². The molecule has 4 rings (SSSR count). The van der Waals surface area contributed by atoms with Gasteiger partial charge in [-0.2, -0.15) is 0 Å². The van der Waals surface area contributed by atoms with Crippen LogP contribution in [0.15, 0.2) is 78.9 Å². The van der Waals surface area contributed by atoms with E-state index in [4.69, 9.17) is 4.98 Å². The van der Waals surface area contributed by atoms with Crippen LogP contribution in [-0.2, 0) is 0 Å².